The zero-order valence-electron chi connectivity index (χ0n) is 9.05. The molecule has 0 unspecified atom stereocenters. The minimum absolute atomic E-state index is 0.145. The van der Waals surface area contributed by atoms with Gasteiger partial charge in [-0.05, 0) is 23.3 Å². The number of hydrogen-bond donors (Lipinski definition) is 0. The Labute approximate surface area is 108 Å². The maximum atomic E-state index is 11.2. The van der Waals surface area contributed by atoms with E-state index in [1.807, 2.05) is 6.07 Å². The molecule has 0 N–H and O–H groups in total. The lowest BCUT2D eigenvalue weighted by molar-refractivity contribution is -0.139. The summed E-state index contributed by atoms with van der Waals surface area (Å²) in [5.41, 5.74) is 1.60. The van der Waals surface area contributed by atoms with Crippen LogP contribution in [0.15, 0.2) is 12.1 Å². The molecule has 0 bridgehead atoms. The third-order valence-electron chi connectivity index (χ3n) is 2.14. The van der Waals surface area contributed by atoms with E-state index in [9.17, 15) is 4.79 Å². The second-order valence-electron chi connectivity index (χ2n) is 3.15. The monoisotopic (exact) mass is 306 g/mol. The summed E-state index contributed by atoms with van der Waals surface area (Å²) in [6.07, 6.45) is 0.145. The number of halogens is 2. The van der Waals surface area contributed by atoms with Crippen LogP contribution in [0.4, 0.5) is 0 Å². The van der Waals surface area contributed by atoms with E-state index in [0.29, 0.717) is 21.7 Å². The highest BCUT2D eigenvalue weighted by Crippen LogP contribution is 2.29. The van der Waals surface area contributed by atoms with Gasteiger partial charge in [0, 0.05) is 10.4 Å². The summed E-state index contributed by atoms with van der Waals surface area (Å²) in [4.78, 5) is 11.2. The molecule has 5 heteroatoms. The highest BCUT2D eigenvalue weighted by molar-refractivity contribution is 9.08. The van der Waals surface area contributed by atoms with Gasteiger partial charge < -0.3 is 9.47 Å². The van der Waals surface area contributed by atoms with Gasteiger partial charge in [-0.2, -0.15) is 0 Å². The molecule has 0 heterocycles. The maximum absolute atomic E-state index is 11.2. The molecule has 88 valence electrons. The summed E-state index contributed by atoms with van der Waals surface area (Å²) in [5, 5.41) is 1.18. The van der Waals surface area contributed by atoms with Crippen molar-refractivity contribution in [3.63, 3.8) is 0 Å². The van der Waals surface area contributed by atoms with Crippen molar-refractivity contribution in [3.8, 4) is 5.75 Å². The number of ether oxygens (including phenoxy) is 2. The van der Waals surface area contributed by atoms with Gasteiger partial charge in [-0.1, -0.05) is 27.5 Å². The summed E-state index contributed by atoms with van der Waals surface area (Å²) in [5.74, 6) is 0.355. The minimum atomic E-state index is -0.323. The van der Waals surface area contributed by atoms with E-state index >= 15 is 0 Å². The van der Waals surface area contributed by atoms with Crippen LogP contribution in [0.25, 0.3) is 0 Å². The summed E-state index contributed by atoms with van der Waals surface area (Å²) in [7, 11) is 2.92. The van der Waals surface area contributed by atoms with Crippen LogP contribution < -0.4 is 4.74 Å². The number of benzene rings is 1. The van der Waals surface area contributed by atoms with Crippen LogP contribution >= 0.6 is 27.5 Å². The Hall–Kier alpha value is -0.740. The van der Waals surface area contributed by atoms with Gasteiger partial charge >= 0.3 is 5.97 Å². The molecule has 3 nitrogen and oxygen atoms in total. The third kappa shape index (κ3) is 3.12. The largest absolute Gasteiger partial charge is 0.497 e. The van der Waals surface area contributed by atoms with Gasteiger partial charge in [0.1, 0.15) is 5.75 Å². The Bertz CT molecular complexity index is 393. The molecule has 0 aliphatic carbocycles. The highest BCUT2D eigenvalue weighted by Gasteiger charge is 2.12. The lowest BCUT2D eigenvalue weighted by Gasteiger charge is -2.10. The number of esters is 1. The SMILES string of the molecule is COC(=O)Cc1cc(OC)cc(CBr)c1Cl. The zero-order chi connectivity index (χ0) is 12.1. The first kappa shape index (κ1) is 13.3. The Morgan fingerprint density at radius 1 is 1.38 bits per heavy atom. The van der Waals surface area contributed by atoms with Crippen LogP contribution in [0.1, 0.15) is 11.1 Å². The quantitative estimate of drug-likeness (QED) is 0.634. The van der Waals surface area contributed by atoms with Crippen molar-refractivity contribution in [1.82, 2.24) is 0 Å². The third-order valence-corrected chi connectivity index (χ3v) is 3.23. The molecule has 0 atom stereocenters. The van der Waals surface area contributed by atoms with Crippen molar-refractivity contribution in [1.29, 1.82) is 0 Å². The van der Waals surface area contributed by atoms with Crippen LogP contribution in [0.5, 0.6) is 5.75 Å². The first-order chi connectivity index (χ1) is 7.62. The van der Waals surface area contributed by atoms with Gasteiger partial charge in [0.2, 0.25) is 0 Å². The van der Waals surface area contributed by atoms with E-state index in [0.717, 1.165) is 5.56 Å². The zero-order valence-corrected chi connectivity index (χ0v) is 11.4. The smallest absolute Gasteiger partial charge is 0.310 e. The van der Waals surface area contributed by atoms with Gasteiger partial charge in [-0.25, -0.2) is 0 Å². The van der Waals surface area contributed by atoms with E-state index in [-0.39, 0.29) is 12.4 Å². The fraction of sp³-hybridized carbons (Fsp3) is 0.364. The van der Waals surface area contributed by atoms with Crippen molar-refractivity contribution >= 4 is 33.5 Å². The van der Waals surface area contributed by atoms with E-state index < -0.39 is 0 Å². The number of methoxy groups -OCH3 is 2. The van der Waals surface area contributed by atoms with Crippen molar-refractivity contribution in [2.45, 2.75) is 11.8 Å². The van der Waals surface area contributed by atoms with Crippen molar-refractivity contribution in [2.75, 3.05) is 14.2 Å². The van der Waals surface area contributed by atoms with E-state index in [1.54, 1.807) is 13.2 Å². The first-order valence-electron chi connectivity index (χ1n) is 4.60. The van der Waals surface area contributed by atoms with E-state index in [2.05, 4.69) is 20.7 Å². The van der Waals surface area contributed by atoms with Crippen LogP contribution in [-0.2, 0) is 21.3 Å². The molecule has 0 aliphatic heterocycles. The number of rotatable bonds is 4. The Kier molecular flexibility index (Phi) is 5.09. The van der Waals surface area contributed by atoms with E-state index in [4.69, 9.17) is 16.3 Å². The average Bonchev–Trinajstić information content (AvgIpc) is 2.31. The fourth-order valence-electron chi connectivity index (χ4n) is 1.29. The predicted molar refractivity (Wildman–Crippen MR) is 66.4 cm³/mol. The van der Waals surface area contributed by atoms with Crippen molar-refractivity contribution in [3.05, 3.63) is 28.3 Å². The van der Waals surface area contributed by atoms with Crippen LogP contribution in [0.3, 0.4) is 0 Å². The van der Waals surface area contributed by atoms with Gasteiger partial charge in [0.25, 0.3) is 0 Å². The number of hydrogen-bond acceptors (Lipinski definition) is 3. The minimum Gasteiger partial charge on any atom is -0.497 e. The van der Waals surface area contributed by atoms with E-state index in [1.165, 1.54) is 7.11 Å². The second kappa shape index (κ2) is 6.11. The summed E-state index contributed by atoms with van der Waals surface area (Å²) in [6.45, 7) is 0. The molecule has 1 aromatic carbocycles. The molecule has 0 radical (unpaired) electrons. The second-order valence-corrected chi connectivity index (χ2v) is 4.08. The molecule has 0 saturated heterocycles. The van der Waals surface area contributed by atoms with Gasteiger partial charge in [0.15, 0.2) is 0 Å². The number of alkyl halides is 1. The topological polar surface area (TPSA) is 35.5 Å². The molecule has 0 fully saturated rings. The standard InChI is InChI=1S/C11H12BrClO3/c1-15-9-3-7(5-10(14)16-2)11(13)8(4-9)6-12/h3-4H,5-6H2,1-2H3. The summed E-state index contributed by atoms with van der Waals surface area (Å²) in [6, 6.07) is 3.57. The molecule has 0 aromatic heterocycles. The fourth-order valence-corrected chi connectivity index (χ4v) is 2.14. The highest BCUT2D eigenvalue weighted by atomic mass is 79.9. The lowest BCUT2D eigenvalue weighted by atomic mass is 10.1. The molecule has 0 saturated carbocycles. The van der Waals surface area contributed by atoms with Crippen molar-refractivity contribution < 1.29 is 14.3 Å². The Morgan fingerprint density at radius 3 is 2.50 bits per heavy atom. The first-order valence-corrected chi connectivity index (χ1v) is 6.10. The molecule has 0 spiro atoms. The molecule has 16 heavy (non-hydrogen) atoms. The van der Waals surface area contributed by atoms with Crippen LogP contribution in [0.2, 0.25) is 5.02 Å². The van der Waals surface area contributed by atoms with Crippen molar-refractivity contribution in [2.24, 2.45) is 0 Å². The Balaban J connectivity index is 3.10. The van der Waals surface area contributed by atoms with Gasteiger partial charge in [-0.3, -0.25) is 4.79 Å². The summed E-state index contributed by atoms with van der Waals surface area (Å²) < 4.78 is 9.74. The lowest BCUT2D eigenvalue weighted by Crippen LogP contribution is -2.06. The molecular weight excluding hydrogens is 295 g/mol. The normalized spacial score (nSPS) is 10.0. The molecular formula is C11H12BrClO3. The summed E-state index contributed by atoms with van der Waals surface area (Å²) >= 11 is 9.48. The van der Waals surface area contributed by atoms with Gasteiger partial charge in [-0.15, -0.1) is 0 Å². The molecule has 0 aliphatic rings. The van der Waals surface area contributed by atoms with Crippen LogP contribution in [-0.4, -0.2) is 20.2 Å². The predicted octanol–water partition coefficient (Wildman–Crippen LogP) is 2.96. The Morgan fingerprint density at radius 2 is 2.00 bits per heavy atom. The maximum Gasteiger partial charge on any atom is 0.310 e. The molecule has 1 rings (SSSR count). The number of carbonyl (C=O) groups excluding carboxylic acids is 1. The molecule has 1 aromatic rings. The number of carbonyl (C=O) groups is 1. The van der Waals surface area contributed by atoms with Crippen LogP contribution in [0, 0.1) is 0 Å². The average molecular weight is 308 g/mol. The van der Waals surface area contributed by atoms with Gasteiger partial charge in [0.05, 0.1) is 20.6 Å². The molecule has 0 amide bonds.